The molecule has 0 radical (unpaired) electrons. The maximum Gasteiger partial charge on any atom is 0.246 e. The molecule has 0 saturated carbocycles. The molecule has 1 heterocycles. The molecule has 1 aliphatic rings. The van der Waals surface area contributed by atoms with Crippen molar-refractivity contribution < 1.29 is 4.79 Å². The van der Waals surface area contributed by atoms with E-state index >= 15 is 0 Å². The normalized spacial score (nSPS) is 15.1. The average Bonchev–Trinajstić information content (AvgIpc) is 2.63. The van der Waals surface area contributed by atoms with Gasteiger partial charge in [-0.15, -0.1) is 0 Å². The Morgan fingerprint density at radius 2 is 1.62 bits per heavy atom. The number of aryl methyl sites for hydroxylation is 1. The van der Waals surface area contributed by atoms with Crippen LogP contribution in [0.3, 0.4) is 0 Å². The Labute approximate surface area is 144 Å². The lowest BCUT2D eigenvalue weighted by Crippen LogP contribution is -2.48. The van der Waals surface area contributed by atoms with E-state index in [1.165, 1.54) is 16.8 Å². The number of hydrogen-bond donors (Lipinski definition) is 0. The van der Waals surface area contributed by atoms with Crippen LogP contribution >= 0.6 is 0 Å². The maximum absolute atomic E-state index is 12.4. The van der Waals surface area contributed by atoms with E-state index in [2.05, 4.69) is 36.9 Å². The van der Waals surface area contributed by atoms with Gasteiger partial charge in [0.15, 0.2) is 0 Å². The summed E-state index contributed by atoms with van der Waals surface area (Å²) in [6.07, 6.45) is 3.57. The Morgan fingerprint density at radius 1 is 0.917 bits per heavy atom. The van der Waals surface area contributed by atoms with Gasteiger partial charge in [-0.1, -0.05) is 42.5 Å². The summed E-state index contributed by atoms with van der Waals surface area (Å²) in [5.74, 6) is 0.0967. The first kappa shape index (κ1) is 16.3. The van der Waals surface area contributed by atoms with Crippen LogP contribution in [0.2, 0.25) is 0 Å². The molecule has 0 aromatic heterocycles. The quantitative estimate of drug-likeness (QED) is 0.806. The molecule has 1 saturated heterocycles. The lowest BCUT2D eigenvalue weighted by Gasteiger charge is -2.36. The largest absolute Gasteiger partial charge is 0.368 e. The van der Waals surface area contributed by atoms with Gasteiger partial charge in [0.05, 0.1) is 0 Å². The molecule has 0 N–H and O–H groups in total. The summed E-state index contributed by atoms with van der Waals surface area (Å²) in [7, 11) is 0. The molecule has 0 atom stereocenters. The third-order valence-electron chi connectivity index (χ3n) is 4.73. The van der Waals surface area contributed by atoms with E-state index in [-0.39, 0.29) is 5.91 Å². The van der Waals surface area contributed by atoms with Gasteiger partial charge in [-0.25, -0.2) is 0 Å². The van der Waals surface area contributed by atoms with Crippen LogP contribution in [0, 0.1) is 13.8 Å². The second kappa shape index (κ2) is 7.35. The molecule has 124 valence electrons. The Balaban J connectivity index is 1.59. The van der Waals surface area contributed by atoms with E-state index in [0.29, 0.717) is 0 Å². The van der Waals surface area contributed by atoms with E-state index in [9.17, 15) is 4.79 Å². The van der Waals surface area contributed by atoms with Crippen LogP contribution < -0.4 is 4.90 Å². The van der Waals surface area contributed by atoms with Crippen LogP contribution in [0.25, 0.3) is 6.08 Å². The van der Waals surface area contributed by atoms with Crippen LogP contribution in [-0.4, -0.2) is 37.0 Å². The number of benzene rings is 2. The molecule has 1 amide bonds. The summed E-state index contributed by atoms with van der Waals surface area (Å²) in [4.78, 5) is 16.7. The number of anilines is 1. The average molecular weight is 320 g/mol. The zero-order valence-electron chi connectivity index (χ0n) is 14.4. The Hall–Kier alpha value is -2.55. The molecule has 1 aliphatic heterocycles. The summed E-state index contributed by atoms with van der Waals surface area (Å²) < 4.78 is 0. The molecular formula is C21H24N2O. The number of nitrogens with zero attached hydrogens (tertiary/aromatic N) is 2. The lowest BCUT2D eigenvalue weighted by atomic mass is 10.1. The monoisotopic (exact) mass is 320 g/mol. The van der Waals surface area contributed by atoms with E-state index in [0.717, 1.165) is 31.7 Å². The first-order valence-electron chi connectivity index (χ1n) is 8.48. The summed E-state index contributed by atoms with van der Waals surface area (Å²) in [6.45, 7) is 7.62. The summed E-state index contributed by atoms with van der Waals surface area (Å²) >= 11 is 0. The van der Waals surface area contributed by atoms with Crippen molar-refractivity contribution in [3.63, 3.8) is 0 Å². The van der Waals surface area contributed by atoms with Crippen LogP contribution in [0.15, 0.2) is 54.6 Å². The van der Waals surface area contributed by atoms with Gasteiger partial charge in [0.2, 0.25) is 5.91 Å². The van der Waals surface area contributed by atoms with E-state index in [4.69, 9.17) is 0 Å². The zero-order chi connectivity index (χ0) is 16.9. The van der Waals surface area contributed by atoms with Gasteiger partial charge in [-0.3, -0.25) is 4.79 Å². The second-order valence-corrected chi connectivity index (χ2v) is 6.28. The van der Waals surface area contributed by atoms with Crippen LogP contribution in [0.4, 0.5) is 5.69 Å². The van der Waals surface area contributed by atoms with Crippen molar-refractivity contribution >= 4 is 17.7 Å². The Bertz CT molecular complexity index is 729. The predicted octanol–water partition coefficient (Wildman–Crippen LogP) is 3.67. The van der Waals surface area contributed by atoms with E-state index in [1.54, 1.807) is 6.08 Å². The SMILES string of the molecule is Cc1cccc(N2CCN(C(=O)/C=C/c3ccccc3)CC2)c1C. The van der Waals surface area contributed by atoms with Crippen molar-refractivity contribution in [1.29, 1.82) is 0 Å². The molecule has 0 aliphatic carbocycles. The molecule has 2 aromatic carbocycles. The second-order valence-electron chi connectivity index (χ2n) is 6.28. The molecule has 0 bridgehead atoms. The van der Waals surface area contributed by atoms with Crippen molar-refractivity contribution in [3.8, 4) is 0 Å². The van der Waals surface area contributed by atoms with Gasteiger partial charge in [0.1, 0.15) is 0 Å². The number of hydrogen-bond acceptors (Lipinski definition) is 2. The third kappa shape index (κ3) is 3.67. The van der Waals surface area contributed by atoms with Crippen molar-refractivity contribution in [2.45, 2.75) is 13.8 Å². The zero-order valence-corrected chi connectivity index (χ0v) is 14.4. The fourth-order valence-electron chi connectivity index (χ4n) is 3.08. The number of rotatable bonds is 3. The molecular weight excluding hydrogens is 296 g/mol. The van der Waals surface area contributed by atoms with E-state index in [1.807, 2.05) is 41.3 Å². The highest BCUT2D eigenvalue weighted by atomic mass is 16.2. The first-order valence-corrected chi connectivity index (χ1v) is 8.48. The fourth-order valence-corrected chi connectivity index (χ4v) is 3.08. The molecule has 0 spiro atoms. The Morgan fingerprint density at radius 3 is 2.33 bits per heavy atom. The summed E-state index contributed by atoms with van der Waals surface area (Å²) in [5.41, 5.74) is 5.00. The van der Waals surface area contributed by atoms with Gasteiger partial charge >= 0.3 is 0 Å². The van der Waals surface area contributed by atoms with Crippen LogP contribution in [0.1, 0.15) is 16.7 Å². The number of carbonyl (C=O) groups excluding carboxylic acids is 1. The number of carbonyl (C=O) groups is 1. The van der Waals surface area contributed by atoms with Gasteiger partial charge in [0.25, 0.3) is 0 Å². The van der Waals surface area contributed by atoms with Gasteiger partial charge in [0, 0.05) is 37.9 Å². The minimum absolute atomic E-state index is 0.0967. The number of piperazine rings is 1. The highest BCUT2D eigenvalue weighted by molar-refractivity contribution is 5.92. The standard InChI is InChI=1S/C21H24N2O/c1-17-7-6-10-20(18(17)2)22-13-15-23(16-14-22)21(24)12-11-19-8-4-3-5-9-19/h3-12H,13-16H2,1-2H3/b12-11+. The first-order chi connectivity index (χ1) is 11.6. The molecule has 2 aromatic rings. The Kier molecular flexibility index (Phi) is 4.99. The van der Waals surface area contributed by atoms with Gasteiger partial charge in [-0.2, -0.15) is 0 Å². The van der Waals surface area contributed by atoms with Gasteiger partial charge in [-0.05, 0) is 42.7 Å². The topological polar surface area (TPSA) is 23.6 Å². The molecule has 1 fully saturated rings. The molecule has 24 heavy (non-hydrogen) atoms. The van der Waals surface area contributed by atoms with Crippen LogP contribution in [-0.2, 0) is 4.79 Å². The third-order valence-corrected chi connectivity index (χ3v) is 4.73. The van der Waals surface area contributed by atoms with Gasteiger partial charge < -0.3 is 9.80 Å². The summed E-state index contributed by atoms with van der Waals surface area (Å²) in [6, 6.07) is 16.4. The highest BCUT2D eigenvalue weighted by Gasteiger charge is 2.20. The van der Waals surface area contributed by atoms with Crippen LogP contribution in [0.5, 0.6) is 0 Å². The molecule has 0 unspecified atom stereocenters. The smallest absolute Gasteiger partial charge is 0.246 e. The lowest BCUT2D eigenvalue weighted by molar-refractivity contribution is -0.126. The summed E-state index contributed by atoms with van der Waals surface area (Å²) in [5, 5.41) is 0. The minimum atomic E-state index is 0.0967. The van der Waals surface area contributed by atoms with Crippen molar-refractivity contribution in [1.82, 2.24) is 4.90 Å². The molecule has 3 heteroatoms. The highest BCUT2D eigenvalue weighted by Crippen LogP contribution is 2.23. The van der Waals surface area contributed by atoms with E-state index < -0.39 is 0 Å². The van der Waals surface area contributed by atoms with Crippen molar-refractivity contribution in [2.24, 2.45) is 0 Å². The fraction of sp³-hybridized carbons (Fsp3) is 0.286. The minimum Gasteiger partial charge on any atom is -0.368 e. The maximum atomic E-state index is 12.4. The van der Waals surface area contributed by atoms with Crippen molar-refractivity contribution in [2.75, 3.05) is 31.1 Å². The molecule has 3 nitrogen and oxygen atoms in total. The van der Waals surface area contributed by atoms with Crippen molar-refractivity contribution in [3.05, 3.63) is 71.3 Å². The number of amides is 1. The molecule has 3 rings (SSSR count). The predicted molar refractivity (Wildman–Crippen MR) is 100 cm³/mol.